The predicted octanol–water partition coefficient (Wildman–Crippen LogP) is 1.39. The zero-order valence-electron chi connectivity index (χ0n) is 11.4. The van der Waals surface area contributed by atoms with Gasteiger partial charge in [-0.15, -0.1) is 0 Å². The van der Waals surface area contributed by atoms with Crippen molar-refractivity contribution >= 4 is 17.3 Å². The van der Waals surface area contributed by atoms with Crippen LogP contribution in [-0.2, 0) is 0 Å². The van der Waals surface area contributed by atoms with Crippen LogP contribution in [0.3, 0.4) is 0 Å². The standard InChI is InChI=1S/C12H19N5O3/c1-13-10-9(17(19)20)11(16-8-15-10)14-6-12(7-18)4-2-3-5-12/h8,18H,2-7H2,1H3,(H2,13,14,15,16). The fourth-order valence-corrected chi connectivity index (χ4v) is 2.65. The van der Waals surface area contributed by atoms with E-state index in [1.165, 1.54) is 6.33 Å². The third-order valence-corrected chi connectivity index (χ3v) is 3.87. The second-order valence-corrected chi connectivity index (χ2v) is 5.15. The first-order chi connectivity index (χ1) is 9.62. The fourth-order valence-electron chi connectivity index (χ4n) is 2.65. The van der Waals surface area contributed by atoms with Crippen molar-refractivity contribution in [2.24, 2.45) is 5.41 Å². The third kappa shape index (κ3) is 2.79. The maximum absolute atomic E-state index is 11.1. The Kier molecular flexibility index (Phi) is 4.33. The monoisotopic (exact) mass is 281 g/mol. The summed E-state index contributed by atoms with van der Waals surface area (Å²) in [6.45, 7) is 0.558. The second-order valence-electron chi connectivity index (χ2n) is 5.15. The van der Waals surface area contributed by atoms with Crippen LogP contribution in [0.25, 0.3) is 0 Å². The van der Waals surface area contributed by atoms with Crippen molar-refractivity contribution in [3.63, 3.8) is 0 Å². The number of nitrogens with one attached hydrogen (secondary N) is 2. The van der Waals surface area contributed by atoms with E-state index in [4.69, 9.17) is 0 Å². The molecule has 0 aliphatic heterocycles. The molecule has 0 radical (unpaired) electrons. The van der Waals surface area contributed by atoms with Crippen molar-refractivity contribution in [3.8, 4) is 0 Å². The lowest BCUT2D eigenvalue weighted by Crippen LogP contribution is -2.31. The van der Waals surface area contributed by atoms with Gasteiger partial charge in [0.1, 0.15) is 6.33 Å². The van der Waals surface area contributed by atoms with E-state index in [0.717, 1.165) is 25.7 Å². The lowest BCUT2D eigenvalue weighted by atomic mass is 9.87. The Balaban J connectivity index is 2.19. The van der Waals surface area contributed by atoms with Crippen LogP contribution in [0.5, 0.6) is 0 Å². The van der Waals surface area contributed by atoms with Gasteiger partial charge in [-0.3, -0.25) is 10.1 Å². The molecule has 0 amide bonds. The molecule has 110 valence electrons. The Morgan fingerprint density at radius 2 is 2.05 bits per heavy atom. The quantitative estimate of drug-likeness (QED) is 0.533. The SMILES string of the molecule is CNc1ncnc(NCC2(CO)CCCC2)c1[N+](=O)[O-]. The molecular formula is C12H19N5O3. The Morgan fingerprint density at radius 1 is 1.40 bits per heavy atom. The number of rotatable bonds is 6. The highest BCUT2D eigenvalue weighted by Crippen LogP contribution is 2.38. The summed E-state index contributed by atoms with van der Waals surface area (Å²) >= 11 is 0. The van der Waals surface area contributed by atoms with E-state index in [0.29, 0.717) is 6.54 Å². The summed E-state index contributed by atoms with van der Waals surface area (Å²) in [4.78, 5) is 18.4. The van der Waals surface area contributed by atoms with Crippen molar-refractivity contribution in [2.45, 2.75) is 25.7 Å². The van der Waals surface area contributed by atoms with Crippen LogP contribution in [0.2, 0.25) is 0 Å². The Bertz CT molecular complexity index is 488. The summed E-state index contributed by atoms with van der Waals surface area (Å²) < 4.78 is 0. The van der Waals surface area contributed by atoms with Gasteiger partial charge in [-0.1, -0.05) is 12.8 Å². The highest BCUT2D eigenvalue weighted by atomic mass is 16.6. The maximum Gasteiger partial charge on any atom is 0.353 e. The molecule has 0 atom stereocenters. The van der Waals surface area contributed by atoms with Gasteiger partial charge in [0, 0.05) is 19.0 Å². The molecule has 1 aliphatic rings. The number of aliphatic hydroxyl groups excluding tert-OH is 1. The number of nitro groups is 1. The van der Waals surface area contributed by atoms with E-state index < -0.39 is 4.92 Å². The Labute approximate surface area is 116 Å². The molecule has 1 aliphatic carbocycles. The lowest BCUT2D eigenvalue weighted by molar-refractivity contribution is -0.383. The van der Waals surface area contributed by atoms with Gasteiger partial charge < -0.3 is 15.7 Å². The molecule has 3 N–H and O–H groups in total. The summed E-state index contributed by atoms with van der Waals surface area (Å²) in [5.74, 6) is 0.367. The van der Waals surface area contributed by atoms with Gasteiger partial charge in [-0.05, 0) is 12.8 Å². The largest absolute Gasteiger partial charge is 0.396 e. The first-order valence-corrected chi connectivity index (χ1v) is 6.64. The van der Waals surface area contributed by atoms with Crippen molar-refractivity contribution in [2.75, 3.05) is 30.8 Å². The molecule has 0 bridgehead atoms. The molecule has 1 aromatic rings. The minimum atomic E-state index is -0.506. The number of hydrogen-bond donors (Lipinski definition) is 3. The van der Waals surface area contributed by atoms with Gasteiger partial charge in [-0.2, -0.15) is 0 Å². The Morgan fingerprint density at radius 3 is 2.60 bits per heavy atom. The molecule has 0 saturated heterocycles. The summed E-state index contributed by atoms with van der Waals surface area (Å²) in [7, 11) is 1.57. The van der Waals surface area contributed by atoms with Crippen LogP contribution in [-0.4, -0.2) is 40.2 Å². The molecule has 0 spiro atoms. The molecule has 2 rings (SSSR count). The van der Waals surface area contributed by atoms with Gasteiger partial charge in [0.2, 0.25) is 11.6 Å². The number of aliphatic hydroxyl groups is 1. The first kappa shape index (κ1) is 14.4. The van der Waals surface area contributed by atoms with E-state index in [1.807, 2.05) is 0 Å². The van der Waals surface area contributed by atoms with Crippen LogP contribution in [0.1, 0.15) is 25.7 Å². The molecule has 0 aromatic carbocycles. The van der Waals surface area contributed by atoms with Crippen LogP contribution in [0.4, 0.5) is 17.3 Å². The molecule has 0 unspecified atom stereocenters. The van der Waals surface area contributed by atoms with Gasteiger partial charge in [0.25, 0.3) is 0 Å². The molecular weight excluding hydrogens is 262 g/mol. The molecule has 8 heteroatoms. The van der Waals surface area contributed by atoms with E-state index in [1.54, 1.807) is 7.05 Å². The zero-order chi connectivity index (χ0) is 14.6. The van der Waals surface area contributed by atoms with E-state index in [-0.39, 0.29) is 29.3 Å². The van der Waals surface area contributed by atoms with Gasteiger partial charge in [0.05, 0.1) is 11.5 Å². The van der Waals surface area contributed by atoms with Crippen LogP contribution in [0.15, 0.2) is 6.33 Å². The van der Waals surface area contributed by atoms with Crippen LogP contribution < -0.4 is 10.6 Å². The van der Waals surface area contributed by atoms with Gasteiger partial charge in [-0.25, -0.2) is 9.97 Å². The molecule has 1 fully saturated rings. The predicted molar refractivity (Wildman–Crippen MR) is 74.7 cm³/mol. The highest BCUT2D eigenvalue weighted by molar-refractivity contribution is 5.69. The van der Waals surface area contributed by atoms with E-state index in [9.17, 15) is 15.2 Å². The Hall–Kier alpha value is -1.96. The third-order valence-electron chi connectivity index (χ3n) is 3.87. The zero-order valence-corrected chi connectivity index (χ0v) is 11.4. The number of aromatic nitrogens is 2. The van der Waals surface area contributed by atoms with Crippen molar-refractivity contribution < 1.29 is 10.0 Å². The maximum atomic E-state index is 11.1. The van der Waals surface area contributed by atoms with Crippen molar-refractivity contribution in [3.05, 3.63) is 16.4 Å². The highest BCUT2D eigenvalue weighted by Gasteiger charge is 2.34. The first-order valence-electron chi connectivity index (χ1n) is 6.64. The number of hydrogen-bond acceptors (Lipinski definition) is 7. The van der Waals surface area contributed by atoms with Crippen molar-refractivity contribution in [1.29, 1.82) is 0 Å². The average Bonchev–Trinajstić information content (AvgIpc) is 2.93. The number of nitrogens with zero attached hydrogens (tertiary/aromatic N) is 3. The summed E-state index contributed by atoms with van der Waals surface area (Å²) in [5, 5.41) is 26.4. The molecule has 1 aromatic heterocycles. The normalized spacial score (nSPS) is 16.9. The van der Waals surface area contributed by atoms with E-state index >= 15 is 0 Å². The van der Waals surface area contributed by atoms with Crippen molar-refractivity contribution in [1.82, 2.24) is 9.97 Å². The topological polar surface area (TPSA) is 113 Å². The van der Waals surface area contributed by atoms with Crippen LogP contribution in [0, 0.1) is 15.5 Å². The minimum absolute atomic E-state index is 0.0811. The smallest absolute Gasteiger partial charge is 0.353 e. The summed E-state index contributed by atoms with van der Waals surface area (Å²) in [5.41, 5.74) is -0.361. The molecule has 1 heterocycles. The fraction of sp³-hybridized carbons (Fsp3) is 0.667. The molecule has 8 nitrogen and oxygen atoms in total. The minimum Gasteiger partial charge on any atom is -0.396 e. The summed E-state index contributed by atoms with van der Waals surface area (Å²) in [6, 6.07) is 0. The molecule has 1 saturated carbocycles. The molecule has 20 heavy (non-hydrogen) atoms. The van der Waals surface area contributed by atoms with Crippen LogP contribution >= 0.6 is 0 Å². The number of anilines is 2. The average molecular weight is 281 g/mol. The summed E-state index contributed by atoms with van der Waals surface area (Å²) in [6.07, 6.45) is 5.29. The lowest BCUT2D eigenvalue weighted by Gasteiger charge is -2.26. The van der Waals surface area contributed by atoms with Gasteiger partial charge >= 0.3 is 5.69 Å². The van der Waals surface area contributed by atoms with Gasteiger partial charge in [0.15, 0.2) is 0 Å². The second kappa shape index (κ2) is 6.00. The van der Waals surface area contributed by atoms with E-state index in [2.05, 4.69) is 20.6 Å².